The molecule has 0 radical (unpaired) electrons. The first-order valence-corrected chi connectivity index (χ1v) is 12.2. The summed E-state index contributed by atoms with van der Waals surface area (Å²) < 4.78 is 20.7. The lowest BCUT2D eigenvalue weighted by molar-refractivity contribution is -0.146. The van der Waals surface area contributed by atoms with Crippen LogP contribution >= 0.6 is 0 Å². The fourth-order valence-corrected chi connectivity index (χ4v) is 4.76. The quantitative estimate of drug-likeness (QED) is 0.409. The van der Waals surface area contributed by atoms with Crippen molar-refractivity contribution >= 4 is 17.5 Å². The summed E-state index contributed by atoms with van der Waals surface area (Å²) in [7, 11) is 0. The predicted octanol–water partition coefficient (Wildman–Crippen LogP) is 2.16. The van der Waals surface area contributed by atoms with Gasteiger partial charge in [-0.3, -0.25) is 14.6 Å². The number of carbonyl (C=O) groups is 2. The van der Waals surface area contributed by atoms with Crippen molar-refractivity contribution in [2.24, 2.45) is 5.92 Å². The van der Waals surface area contributed by atoms with Gasteiger partial charge < -0.3 is 20.5 Å². The second-order valence-electron chi connectivity index (χ2n) is 9.33. The molecule has 1 aromatic carbocycles. The number of alkyl halides is 1. The second-order valence-corrected chi connectivity index (χ2v) is 9.33. The van der Waals surface area contributed by atoms with Gasteiger partial charge in [-0.05, 0) is 48.7 Å². The summed E-state index contributed by atoms with van der Waals surface area (Å²) in [6.45, 7) is -0.657. The number of rotatable bonds is 8. The van der Waals surface area contributed by atoms with Crippen molar-refractivity contribution in [3.8, 4) is 23.1 Å². The summed E-state index contributed by atoms with van der Waals surface area (Å²) in [5.41, 5.74) is 0.198. The summed E-state index contributed by atoms with van der Waals surface area (Å²) in [4.78, 5) is 37.7. The molecule has 3 N–H and O–H groups in total. The molecule has 1 aliphatic heterocycles. The van der Waals surface area contributed by atoms with Crippen molar-refractivity contribution < 1.29 is 23.8 Å². The Labute approximate surface area is 217 Å². The zero-order valence-electron chi connectivity index (χ0n) is 20.3. The van der Waals surface area contributed by atoms with Crippen LogP contribution in [0.15, 0.2) is 55.1 Å². The zero-order valence-corrected chi connectivity index (χ0v) is 20.3. The molecule has 11 heteroatoms. The van der Waals surface area contributed by atoms with Crippen molar-refractivity contribution in [1.29, 1.82) is 5.26 Å². The normalized spacial score (nSPS) is 24.2. The predicted molar refractivity (Wildman–Crippen MR) is 134 cm³/mol. The first-order chi connectivity index (χ1) is 18.4. The Morgan fingerprint density at radius 2 is 2.16 bits per heavy atom. The number of ether oxygens (including phenoxy) is 1. The third-order valence-corrected chi connectivity index (χ3v) is 6.96. The van der Waals surface area contributed by atoms with Gasteiger partial charge in [0.1, 0.15) is 30.6 Å². The smallest absolute Gasteiger partial charge is 0.229 e. The highest BCUT2D eigenvalue weighted by Crippen LogP contribution is 2.47. The molecule has 10 nitrogen and oxygen atoms in total. The maximum atomic E-state index is 14.9. The Bertz CT molecular complexity index is 1400. The summed E-state index contributed by atoms with van der Waals surface area (Å²) >= 11 is 0. The van der Waals surface area contributed by atoms with Crippen LogP contribution in [-0.4, -0.2) is 63.2 Å². The fourth-order valence-electron chi connectivity index (χ4n) is 4.76. The Kier molecular flexibility index (Phi) is 7.09. The summed E-state index contributed by atoms with van der Waals surface area (Å²) in [6, 6.07) is 12.0. The summed E-state index contributed by atoms with van der Waals surface area (Å²) in [6.07, 6.45) is 3.82. The minimum absolute atomic E-state index is 0.0117. The van der Waals surface area contributed by atoms with E-state index in [2.05, 4.69) is 25.6 Å². The van der Waals surface area contributed by atoms with E-state index >= 15 is 0 Å². The van der Waals surface area contributed by atoms with E-state index in [-0.39, 0.29) is 42.0 Å². The molecule has 2 aromatic heterocycles. The topological polar surface area (TPSA) is 150 Å². The second kappa shape index (κ2) is 10.6. The van der Waals surface area contributed by atoms with E-state index in [1.165, 1.54) is 18.5 Å². The molecule has 0 spiro atoms. The number of nitrogens with one attached hydrogen (secondary N) is 2. The maximum absolute atomic E-state index is 14.9. The van der Waals surface area contributed by atoms with Gasteiger partial charge >= 0.3 is 0 Å². The largest absolute Gasteiger partial charge is 0.475 e. The number of hydrogen-bond donors (Lipinski definition) is 3. The Morgan fingerprint density at radius 3 is 2.89 bits per heavy atom. The molecular formula is C27H25FN6O4. The SMILES string of the molecule is N#Cc1cc(-c2cc(NC(=O)[C@@H]3C[C@H]3c3cccnc3)ncn2)ccc1O[C@]1(C(=O)CO)CCNC[C@H]1F. The molecular weight excluding hydrogens is 491 g/mol. The van der Waals surface area contributed by atoms with Crippen LogP contribution in [0.4, 0.5) is 10.2 Å². The van der Waals surface area contributed by atoms with Gasteiger partial charge in [0.25, 0.3) is 0 Å². The van der Waals surface area contributed by atoms with Crippen molar-refractivity contribution in [1.82, 2.24) is 20.3 Å². The molecule has 1 amide bonds. The highest BCUT2D eigenvalue weighted by atomic mass is 19.1. The van der Waals surface area contributed by atoms with Crippen molar-refractivity contribution in [2.75, 3.05) is 25.0 Å². The van der Waals surface area contributed by atoms with E-state index in [9.17, 15) is 24.3 Å². The van der Waals surface area contributed by atoms with Gasteiger partial charge in [0.2, 0.25) is 17.3 Å². The zero-order chi connectivity index (χ0) is 26.7. The van der Waals surface area contributed by atoms with Crippen LogP contribution in [0.2, 0.25) is 0 Å². The summed E-state index contributed by atoms with van der Waals surface area (Å²) in [5, 5.41) is 24.9. The third kappa shape index (κ3) is 4.96. The number of aliphatic hydroxyl groups excluding tert-OH is 1. The molecule has 0 bridgehead atoms. The fraction of sp³-hybridized carbons (Fsp3) is 0.333. The number of nitriles is 1. The number of nitrogens with zero attached hydrogens (tertiary/aromatic N) is 4. The molecule has 38 heavy (non-hydrogen) atoms. The van der Waals surface area contributed by atoms with E-state index in [0.717, 1.165) is 12.0 Å². The van der Waals surface area contributed by atoms with Gasteiger partial charge in [0, 0.05) is 42.9 Å². The number of Topliss-reactive ketones (excluding diaryl/α,β-unsaturated/α-hetero) is 1. The Hall–Kier alpha value is -4.27. The van der Waals surface area contributed by atoms with Crippen molar-refractivity contribution in [2.45, 2.75) is 30.5 Å². The number of carbonyl (C=O) groups excluding carboxylic acids is 2. The van der Waals surface area contributed by atoms with Crippen LogP contribution < -0.4 is 15.4 Å². The number of benzene rings is 1. The average Bonchev–Trinajstić information content (AvgIpc) is 3.76. The number of aliphatic hydroxyl groups is 1. The highest BCUT2D eigenvalue weighted by molar-refractivity contribution is 5.95. The number of halogens is 1. The van der Waals surface area contributed by atoms with Crippen molar-refractivity contribution in [3.05, 3.63) is 66.2 Å². The number of hydrogen-bond acceptors (Lipinski definition) is 9. The molecule has 1 aliphatic carbocycles. The molecule has 1 saturated heterocycles. The number of ketones is 1. The Morgan fingerprint density at radius 1 is 1.29 bits per heavy atom. The van der Waals surface area contributed by atoms with Crippen LogP contribution in [0.25, 0.3) is 11.3 Å². The van der Waals surface area contributed by atoms with Gasteiger partial charge in [-0.2, -0.15) is 5.26 Å². The summed E-state index contributed by atoms with van der Waals surface area (Å²) in [5.74, 6) is -0.620. The lowest BCUT2D eigenvalue weighted by atomic mass is 9.86. The van der Waals surface area contributed by atoms with Crippen LogP contribution in [0.5, 0.6) is 5.75 Å². The van der Waals surface area contributed by atoms with Gasteiger partial charge in [0.15, 0.2) is 6.17 Å². The lowest BCUT2D eigenvalue weighted by Gasteiger charge is -2.39. The number of pyridine rings is 1. The standard InChI is InChI=1S/C27H25FN6O4/c28-23-13-31-7-5-27(23,24(36)14-35)38-22-4-3-16(8-18(22)11-29)21-10-25(33-15-32-21)34-26(37)20-9-19(20)17-2-1-6-30-12-17/h1-4,6,8,10,12,15,19-20,23,31,35H,5,7,9,13-14H2,(H,32,33,34,37)/t19-,20+,23+,27+/m0/s1. The van der Waals surface area contributed by atoms with Crippen LogP contribution in [0, 0.1) is 17.2 Å². The molecule has 3 aromatic rings. The number of aromatic nitrogens is 3. The highest BCUT2D eigenvalue weighted by Gasteiger charge is 2.50. The molecule has 5 rings (SSSR count). The van der Waals surface area contributed by atoms with E-state index in [1.807, 2.05) is 18.2 Å². The van der Waals surface area contributed by atoms with E-state index < -0.39 is 24.2 Å². The molecule has 2 fully saturated rings. The third-order valence-electron chi connectivity index (χ3n) is 6.96. The lowest BCUT2D eigenvalue weighted by Crippen LogP contribution is -2.61. The van der Waals surface area contributed by atoms with Gasteiger partial charge in [-0.25, -0.2) is 14.4 Å². The number of piperidine rings is 1. The first-order valence-electron chi connectivity index (χ1n) is 12.2. The molecule has 2 aliphatic rings. The first kappa shape index (κ1) is 25.4. The minimum Gasteiger partial charge on any atom is -0.475 e. The van der Waals surface area contributed by atoms with E-state index in [4.69, 9.17) is 4.74 Å². The maximum Gasteiger partial charge on any atom is 0.229 e. The van der Waals surface area contributed by atoms with Gasteiger partial charge in [0.05, 0.1) is 11.3 Å². The van der Waals surface area contributed by atoms with Crippen molar-refractivity contribution in [3.63, 3.8) is 0 Å². The van der Waals surface area contributed by atoms with E-state index in [0.29, 0.717) is 23.6 Å². The van der Waals surface area contributed by atoms with Gasteiger partial charge in [-0.15, -0.1) is 0 Å². The molecule has 3 heterocycles. The van der Waals surface area contributed by atoms with Crippen LogP contribution in [0.3, 0.4) is 0 Å². The molecule has 194 valence electrons. The molecule has 1 saturated carbocycles. The van der Waals surface area contributed by atoms with Crippen LogP contribution in [0.1, 0.15) is 29.9 Å². The minimum atomic E-state index is -1.88. The van der Waals surface area contributed by atoms with Gasteiger partial charge in [-0.1, -0.05) is 6.07 Å². The van der Waals surface area contributed by atoms with E-state index in [1.54, 1.807) is 24.5 Å². The number of anilines is 1. The molecule has 4 atom stereocenters. The monoisotopic (exact) mass is 516 g/mol. The van der Waals surface area contributed by atoms with Crippen LogP contribution in [-0.2, 0) is 9.59 Å². The molecule has 0 unspecified atom stereocenters. The number of amides is 1. The Balaban J connectivity index is 1.33. The average molecular weight is 517 g/mol.